The van der Waals surface area contributed by atoms with Gasteiger partial charge in [-0.3, -0.25) is 4.72 Å². The zero-order valence-corrected chi connectivity index (χ0v) is 11.1. The molecule has 2 rings (SSSR count). The number of nitrogens with two attached hydrogens (primary N) is 1. The molecule has 102 valence electrons. The highest BCUT2D eigenvalue weighted by Gasteiger charge is 2.23. The Kier molecular flexibility index (Phi) is 3.19. The van der Waals surface area contributed by atoms with Crippen LogP contribution in [-0.2, 0) is 10.0 Å². The lowest BCUT2D eigenvalue weighted by molar-refractivity contribution is 0.420. The highest BCUT2D eigenvalue weighted by molar-refractivity contribution is 7.92. The molecule has 0 aliphatic rings. The standard InChI is InChI=1S/C11H12FN3O3S/c1-6-3-9(12)10(13)7(2)11(6)19(16,17)15-8-4-14-18-5-8/h3-5,15H,13H2,1-2H3. The molecule has 0 radical (unpaired) electrons. The number of aromatic nitrogens is 1. The largest absolute Gasteiger partial charge is 0.396 e. The van der Waals surface area contributed by atoms with Gasteiger partial charge in [0.2, 0.25) is 0 Å². The van der Waals surface area contributed by atoms with Crippen LogP contribution in [0.1, 0.15) is 11.1 Å². The molecule has 0 aliphatic carbocycles. The second-order valence-electron chi connectivity index (χ2n) is 4.06. The number of aryl methyl sites for hydroxylation is 1. The summed E-state index contributed by atoms with van der Waals surface area (Å²) >= 11 is 0. The van der Waals surface area contributed by atoms with Crippen LogP contribution < -0.4 is 10.5 Å². The summed E-state index contributed by atoms with van der Waals surface area (Å²) in [5.74, 6) is -0.640. The van der Waals surface area contributed by atoms with Crippen molar-refractivity contribution < 1.29 is 17.3 Å². The van der Waals surface area contributed by atoms with Gasteiger partial charge in [-0.05, 0) is 31.0 Å². The molecule has 0 saturated carbocycles. The third kappa shape index (κ3) is 2.39. The van der Waals surface area contributed by atoms with E-state index in [-0.39, 0.29) is 27.4 Å². The fourth-order valence-electron chi connectivity index (χ4n) is 1.81. The third-order valence-corrected chi connectivity index (χ3v) is 4.33. The lowest BCUT2D eigenvalue weighted by atomic mass is 10.1. The minimum absolute atomic E-state index is 0.0485. The van der Waals surface area contributed by atoms with Crippen LogP contribution in [0.25, 0.3) is 0 Å². The summed E-state index contributed by atoms with van der Waals surface area (Å²) in [5.41, 5.74) is 5.96. The number of nitrogens with one attached hydrogen (secondary N) is 1. The third-order valence-electron chi connectivity index (χ3n) is 2.66. The molecule has 1 aromatic heterocycles. The molecule has 0 bridgehead atoms. The summed E-state index contributed by atoms with van der Waals surface area (Å²) in [5, 5.41) is 3.39. The minimum Gasteiger partial charge on any atom is -0.396 e. The molecule has 8 heteroatoms. The summed E-state index contributed by atoms with van der Waals surface area (Å²) in [6.07, 6.45) is 2.37. The molecular formula is C11H12FN3O3S. The normalized spacial score (nSPS) is 11.5. The second kappa shape index (κ2) is 4.54. The second-order valence-corrected chi connectivity index (χ2v) is 5.68. The average molecular weight is 285 g/mol. The van der Waals surface area contributed by atoms with Crippen LogP contribution in [0.15, 0.2) is 27.9 Å². The molecule has 2 aromatic rings. The number of sulfonamides is 1. The van der Waals surface area contributed by atoms with Crippen molar-refractivity contribution in [3.63, 3.8) is 0 Å². The van der Waals surface area contributed by atoms with Gasteiger partial charge in [0.15, 0.2) is 0 Å². The van der Waals surface area contributed by atoms with Crippen molar-refractivity contribution in [1.29, 1.82) is 0 Å². The number of hydrogen-bond acceptors (Lipinski definition) is 5. The van der Waals surface area contributed by atoms with Gasteiger partial charge in [-0.15, -0.1) is 0 Å². The Morgan fingerprint density at radius 1 is 1.42 bits per heavy atom. The molecule has 19 heavy (non-hydrogen) atoms. The van der Waals surface area contributed by atoms with Crippen molar-refractivity contribution >= 4 is 21.4 Å². The first-order valence-electron chi connectivity index (χ1n) is 5.30. The molecule has 0 saturated heterocycles. The summed E-state index contributed by atoms with van der Waals surface area (Å²) in [7, 11) is -3.88. The summed E-state index contributed by atoms with van der Waals surface area (Å²) < 4.78 is 44.7. The summed E-state index contributed by atoms with van der Waals surface area (Å²) in [6, 6.07) is 1.09. The van der Waals surface area contributed by atoms with E-state index in [1.54, 1.807) is 0 Å². The molecule has 6 nitrogen and oxygen atoms in total. The van der Waals surface area contributed by atoms with Crippen LogP contribution in [0.2, 0.25) is 0 Å². The fraction of sp³-hybridized carbons (Fsp3) is 0.182. The number of nitrogen functional groups attached to an aromatic ring is 1. The predicted molar refractivity (Wildman–Crippen MR) is 67.6 cm³/mol. The number of anilines is 2. The Bertz CT molecular complexity index is 711. The smallest absolute Gasteiger partial charge is 0.262 e. The van der Waals surface area contributed by atoms with Gasteiger partial charge < -0.3 is 10.3 Å². The lowest BCUT2D eigenvalue weighted by Gasteiger charge is -2.13. The molecule has 1 aromatic carbocycles. The van der Waals surface area contributed by atoms with Gasteiger partial charge in [0.25, 0.3) is 10.0 Å². The van der Waals surface area contributed by atoms with Gasteiger partial charge in [0.05, 0.1) is 16.8 Å². The van der Waals surface area contributed by atoms with Gasteiger partial charge in [-0.1, -0.05) is 5.16 Å². The first kappa shape index (κ1) is 13.3. The number of halogens is 1. The SMILES string of the molecule is Cc1cc(F)c(N)c(C)c1S(=O)(=O)Nc1cnoc1. The van der Waals surface area contributed by atoms with Crippen LogP contribution in [0.3, 0.4) is 0 Å². The van der Waals surface area contributed by atoms with Gasteiger partial charge in [-0.25, -0.2) is 12.8 Å². The minimum atomic E-state index is -3.88. The maximum atomic E-state index is 13.4. The monoisotopic (exact) mass is 285 g/mol. The molecule has 0 spiro atoms. The average Bonchev–Trinajstić information content (AvgIpc) is 2.77. The van der Waals surface area contributed by atoms with E-state index < -0.39 is 15.8 Å². The molecule has 3 N–H and O–H groups in total. The Labute approximate surface area is 109 Å². The van der Waals surface area contributed by atoms with Crippen LogP contribution in [0.4, 0.5) is 15.8 Å². The number of benzene rings is 1. The summed E-state index contributed by atoms with van der Waals surface area (Å²) in [6.45, 7) is 2.95. The molecule has 0 atom stereocenters. The van der Waals surface area contributed by atoms with E-state index in [1.165, 1.54) is 20.0 Å². The maximum Gasteiger partial charge on any atom is 0.262 e. The highest BCUT2D eigenvalue weighted by Crippen LogP contribution is 2.28. The topological polar surface area (TPSA) is 98.2 Å². The lowest BCUT2D eigenvalue weighted by Crippen LogP contribution is -2.16. The number of hydrogen-bond donors (Lipinski definition) is 2. The Hall–Kier alpha value is -2.09. The summed E-state index contributed by atoms with van der Waals surface area (Å²) in [4.78, 5) is -0.0485. The van der Waals surface area contributed by atoms with Crippen LogP contribution in [0.5, 0.6) is 0 Å². The van der Waals surface area contributed by atoms with Crippen molar-refractivity contribution in [2.75, 3.05) is 10.5 Å². The van der Waals surface area contributed by atoms with Gasteiger partial charge in [0, 0.05) is 0 Å². The number of nitrogens with zero attached hydrogens (tertiary/aromatic N) is 1. The first-order chi connectivity index (χ1) is 8.83. The fourth-order valence-corrected chi connectivity index (χ4v) is 3.31. The van der Waals surface area contributed by atoms with Gasteiger partial charge >= 0.3 is 0 Å². The van der Waals surface area contributed by atoms with E-state index >= 15 is 0 Å². The van der Waals surface area contributed by atoms with Crippen molar-refractivity contribution in [2.24, 2.45) is 0 Å². The zero-order valence-electron chi connectivity index (χ0n) is 10.3. The van der Waals surface area contributed by atoms with Crippen molar-refractivity contribution in [2.45, 2.75) is 18.7 Å². The number of rotatable bonds is 3. The van der Waals surface area contributed by atoms with Gasteiger partial charge in [0.1, 0.15) is 17.8 Å². The van der Waals surface area contributed by atoms with Crippen molar-refractivity contribution in [1.82, 2.24) is 5.16 Å². The van der Waals surface area contributed by atoms with Crippen molar-refractivity contribution in [3.8, 4) is 0 Å². The van der Waals surface area contributed by atoms with E-state index in [9.17, 15) is 12.8 Å². The van der Waals surface area contributed by atoms with Crippen LogP contribution >= 0.6 is 0 Å². The van der Waals surface area contributed by atoms with E-state index in [2.05, 4.69) is 14.4 Å². The molecule has 0 amide bonds. The molecule has 0 unspecified atom stereocenters. The van der Waals surface area contributed by atoms with Crippen molar-refractivity contribution in [3.05, 3.63) is 35.5 Å². The van der Waals surface area contributed by atoms with E-state index in [1.807, 2.05) is 0 Å². The van der Waals surface area contributed by atoms with Gasteiger partial charge in [-0.2, -0.15) is 0 Å². The first-order valence-corrected chi connectivity index (χ1v) is 6.78. The zero-order chi connectivity index (χ0) is 14.2. The van der Waals surface area contributed by atoms with E-state index in [4.69, 9.17) is 5.73 Å². The highest BCUT2D eigenvalue weighted by atomic mass is 32.2. The molecule has 0 fully saturated rings. The van der Waals surface area contributed by atoms with Crippen LogP contribution in [-0.4, -0.2) is 13.6 Å². The Morgan fingerprint density at radius 3 is 2.68 bits per heavy atom. The van der Waals surface area contributed by atoms with Crippen LogP contribution in [0, 0.1) is 19.7 Å². The van der Waals surface area contributed by atoms with E-state index in [0.29, 0.717) is 0 Å². The van der Waals surface area contributed by atoms with E-state index in [0.717, 1.165) is 12.3 Å². The Balaban J connectivity index is 2.55. The Morgan fingerprint density at radius 2 is 2.11 bits per heavy atom. The predicted octanol–water partition coefficient (Wildman–Crippen LogP) is 1.81. The molecule has 1 heterocycles. The molecule has 0 aliphatic heterocycles. The quantitative estimate of drug-likeness (QED) is 0.838. The maximum absolute atomic E-state index is 13.4. The molecular weight excluding hydrogens is 273 g/mol.